The number of hydrogen-bond donors (Lipinski definition) is 2. The van der Waals surface area contributed by atoms with Crippen molar-refractivity contribution in [1.82, 2.24) is 35.1 Å². The zero-order valence-electron chi connectivity index (χ0n) is 17.4. The number of hydrogen-bond acceptors (Lipinski definition) is 6. The number of fused-ring (bicyclic) bond motifs is 2. The molecule has 0 amide bonds. The summed E-state index contributed by atoms with van der Waals surface area (Å²) in [5.41, 5.74) is 6.01. The van der Waals surface area contributed by atoms with E-state index >= 15 is 0 Å². The Kier molecular flexibility index (Phi) is 4.32. The van der Waals surface area contributed by atoms with Crippen LogP contribution < -0.4 is 4.74 Å². The fourth-order valence-corrected chi connectivity index (χ4v) is 3.95. The van der Waals surface area contributed by atoms with E-state index in [1.165, 1.54) is 19.2 Å². The Bertz CT molecular complexity index is 1620. The predicted molar refractivity (Wildman–Crippen MR) is 122 cm³/mol. The molecule has 1 aromatic carbocycles. The van der Waals surface area contributed by atoms with Crippen LogP contribution in [0.4, 0.5) is 4.39 Å². The molecule has 0 aliphatic heterocycles. The van der Waals surface area contributed by atoms with Crippen LogP contribution in [-0.2, 0) is 0 Å². The summed E-state index contributed by atoms with van der Waals surface area (Å²) in [4.78, 5) is 20.7. The number of aromatic nitrogens is 7. The highest BCUT2D eigenvalue weighted by Gasteiger charge is 2.16. The normalized spacial score (nSPS) is 11.3. The maximum absolute atomic E-state index is 14.1. The van der Waals surface area contributed by atoms with Gasteiger partial charge in [0.25, 0.3) is 0 Å². The second-order valence-electron chi connectivity index (χ2n) is 7.50. The van der Waals surface area contributed by atoms with Gasteiger partial charge in [0, 0.05) is 52.8 Å². The average molecular weight is 437 g/mol. The van der Waals surface area contributed by atoms with E-state index in [9.17, 15) is 4.39 Å². The van der Waals surface area contributed by atoms with Gasteiger partial charge in [-0.25, -0.2) is 9.37 Å². The summed E-state index contributed by atoms with van der Waals surface area (Å²) in [6, 6.07) is 8.57. The van der Waals surface area contributed by atoms with Gasteiger partial charge in [-0.2, -0.15) is 5.10 Å². The molecule has 9 heteroatoms. The highest BCUT2D eigenvalue weighted by Crippen LogP contribution is 2.35. The van der Waals surface area contributed by atoms with Crippen molar-refractivity contribution in [2.75, 3.05) is 7.11 Å². The summed E-state index contributed by atoms with van der Waals surface area (Å²) in [7, 11) is 1.51. The second-order valence-corrected chi connectivity index (χ2v) is 7.50. The molecule has 0 saturated carbocycles. The highest BCUT2D eigenvalue weighted by molar-refractivity contribution is 6.00. The summed E-state index contributed by atoms with van der Waals surface area (Å²) in [6.45, 7) is 0. The Morgan fingerprint density at radius 1 is 0.848 bits per heavy atom. The van der Waals surface area contributed by atoms with Crippen LogP contribution in [0.1, 0.15) is 0 Å². The maximum Gasteiger partial charge on any atom is 0.181 e. The Balaban J connectivity index is 1.50. The summed E-state index contributed by atoms with van der Waals surface area (Å²) < 4.78 is 19.4. The summed E-state index contributed by atoms with van der Waals surface area (Å²) >= 11 is 0. The van der Waals surface area contributed by atoms with E-state index in [1.54, 1.807) is 43.2 Å². The molecule has 5 heterocycles. The van der Waals surface area contributed by atoms with Crippen LogP contribution in [0.25, 0.3) is 55.7 Å². The van der Waals surface area contributed by atoms with Crippen molar-refractivity contribution < 1.29 is 9.13 Å². The number of nitrogens with one attached hydrogen (secondary N) is 2. The minimum Gasteiger partial charge on any atom is -0.497 e. The van der Waals surface area contributed by atoms with Gasteiger partial charge in [0.1, 0.15) is 11.6 Å². The van der Waals surface area contributed by atoms with Gasteiger partial charge in [-0.15, -0.1) is 0 Å². The third kappa shape index (κ3) is 3.26. The van der Waals surface area contributed by atoms with E-state index in [1.807, 2.05) is 12.1 Å². The van der Waals surface area contributed by atoms with E-state index in [-0.39, 0.29) is 5.82 Å². The molecule has 0 aliphatic carbocycles. The van der Waals surface area contributed by atoms with Gasteiger partial charge in [0.2, 0.25) is 0 Å². The molecule has 160 valence electrons. The van der Waals surface area contributed by atoms with Gasteiger partial charge in [-0.05, 0) is 29.8 Å². The number of H-pyrrole nitrogens is 2. The third-order valence-electron chi connectivity index (χ3n) is 5.50. The van der Waals surface area contributed by atoms with Crippen molar-refractivity contribution in [2.24, 2.45) is 0 Å². The number of ether oxygens (including phenoxy) is 1. The molecule has 0 spiro atoms. The van der Waals surface area contributed by atoms with Gasteiger partial charge in [0.05, 0.1) is 42.1 Å². The summed E-state index contributed by atoms with van der Waals surface area (Å²) in [5.74, 6) is 0.0687. The van der Waals surface area contributed by atoms with Crippen molar-refractivity contribution in [3.8, 4) is 39.5 Å². The van der Waals surface area contributed by atoms with Gasteiger partial charge >= 0.3 is 0 Å². The Hall–Kier alpha value is -4.66. The van der Waals surface area contributed by atoms with Crippen LogP contribution in [0, 0.1) is 5.82 Å². The lowest BCUT2D eigenvalue weighted by Crippen LogP contribution is -1.88. The van der Waals surface area contributed by atoms with Gasteiger partial charge in [-0.3, -0.25) is 20.1 Å². The molecule has 33 heavy (non-hydrogen) atoms. The molecule has 0 fully saturated rings. The fourth-order valence-electron chi connectivity index (χ4n) is 3.95. The number of pyridine rings is 2. The minimum atomic E-state index is -0.376. The Morgan fingerprint density at radius 2 is 1.79 bits per heavy atom. The lowest BCUT2D eigenvalue weighted by Gasteiger charge is -2.06. The zero-order valence-corrected chi connectivity index (χ0v) is 17.4. The van der Waals surface area contributed by atoms with Gasteiger partial charge in [0.15, 0.2) is 5.65 Å². The summed E-state index contributed by atoms with van der Waals surface area (Å²) in [6.07, 6.45) is 10.1. The van der Waals surface area contributed by atoms with E-state index in [0.717, 1.165) is 44.5 Å². The van der Waals surface area contributed by atoms with E-state index in [2.05, 4.69) is 35.1 Å². The van der Waals surface area contributed by atoms with Crippen LogP contribution >= 0.6 is 0 Å². The van der Waals surface area contributed by atoms with Gasteiger partial charge < -0.3 is 9.72 Å². The Morgan fingerprint density at radius 3 is 2.64 bits per heavy atom. The maximum atomic E-state index is 14.1. The molecule has 0 unspecified atom stereocenters. The highest BCUT2D eigenvalue weighted by atomic mass is 19.1. The number of rotatable bonds is 4. The van der Waals surface area contributed by atoms with Crippen LogP contribution in [0.5, 0.6) is 5.75 Å². The number of benzene rings is 1. The lowest BCUT2D eigenvalue weighted by atomic mass is 10.0. The number of nitrogens with zero attached hydrogens (tertiary/aromatic N) is 5. The van der Waals surface area contributed by atoms with E-state index in [4.69, 9.17) is 4.74 Å². The number of aromatic amines is 2. The first-order valence-electron chi connectivity index (χ1n) is 10.1. The quantitative estimate of drug-likeness (QED) is 0.411. The molecule has 0 bridgehead atoms. The fraction of sp³-hybridized carbons (Fsp3) is 0.0417. The average Bonchev–Trinajstić information content (AvgIpc) is 3.47. The predicted octanol–water partition coefficient (Wildman–Crippen LogP) is 4.77. The van der Waals surface area contributed by atoms with Crippen LogP contribution in [0.15, 0.2) is 67.5 Å². The molecule has 0 aliphatic rings. The van der Waals surface area contributed by atoms with Crippen molar-refractivity contribution in [3.63, 3.8) is 0 Å². The first kappa shape index (κ1) is 19.1. The van der Waals surface area contributed by atoms with Crippen molar-refractivity contribution in [2.45, 2.75) is 0 Å². The Labute approximate surface area is 186 Å². The van der Waals surface area contributed by atoms with Crippen molar-refractivity contribution in [3.05, 3.63) is 73.3 Å². The van der Waals surface area contributed by atoms with Crippen LogP contribution in [-0.4, -0.2) is 42.2 Å². The minimum absolute atomic E-state index is 0.376. The van der Waals surface area contributed by atoms with E-state index in [0.29, 0.717) is 17.0 Å². The smallest absolute Gasteiger partial charge is 0.181 e. The zero-order chi connectivity index (χ0) is 22.4. The summed E-state index contributed by atoms with van der Waals surface area (Å²) in [5, 5.41) is 9.15. The number of methoxy groups -OCH3 is 1. The first-order valence-corrected chi connectivity index (χ1v) is 10.1. The van der Waals surface area contributed by atoms with Crippen LogP contribution in [0.2, 0.25) is 0 Å². The van der Waals surface area contributed by atoms with Crippen LogP contribution in [0.3, 0.4) is 0 Å². The largest absolute Gasteiger partial charge is 0.497 e. The molecule has 0 saturated heterocycles. The monoisotopic (exact) mass is 437 g/mol. The SMILES string of the molecule is COc1cc(F)cc(-c2cncc3[nH]c(-c4[nH]nc5ncc(-c6cnccn6)cc45)cc23)c1. The molecule has 5 aromatic heterocycles. The lowest BCUT2D eigenvalue weighted by molar-refractivity contribution is 0.411. The molecule has 2 N–H and O–H groups in total. The third-order valence-corrected chi connectivity index (χ3v) is 5.50. The first-order chi connectivity index (χ1) is 16.2. The standard InChI is InChI=1S/C24H16FN7O/c1-33-16-5-13(4-15(25)7-16)19-10-27-12-22-17(19)8-20(30-22)23-18-6-14(9-29-24(18)32-31-23)21-11-26-2-3-28-21/h2-12,30H,1H3,(H,29,31,32). The van der Waals surface area contributed by atoms with Gasteiger partial charge in [-0.1, -0.05) is 0 Å². The second kappa shape index (κ2) is 7.49. The molecule has 0 radical (unpaired) electrons. The topological polar surface area (TPSA) is 105 Å². The van der Waals surface area contributed by atoms with Crippen molar-refractivity contribution in [1.29, 1.82) is 0 Å². The van der Waals surface area contributed by atoms with E-state index < -0.39 is 0 Å². The molecule has 6 rings (SSSR count). The molecular weight excluding hydrogens is 421 g/mol. The molecule has 0 atom stereocenters. The molecule has 6 aromatic rings. The molecule has 8 nitrogen and oxygen atoms in total. The molecular formula is C24H16FN7O. The number of halogens is 1. The van der Waals surface area contributed by atoms with Crippen molar-refractivity contribution >= 4 is 21.9 Å².